The first kappa shape index (κ1) is 15.9. The fraction of sp³-hybridized carbons (Fsp3) is 0.800. The Balaban J connectivity index is 4.16. The quantitative estimate of drug-likeness (QED) is 0.669. The lowest BCUT2D eigenvalue weighted by Crippen LogP contribution is -2.37. The maximum Gasteiger partial charge on any atom is 0.307 e. The number of rotatable bonds is 7. The van der Waals surface area contributed by atoms with Gasteiger partial charge in [0.25, 0.3) is 0 Å². The van der Waals surface area contributed by atoms with Crippen molar-refractivity contribution in [2.45, 2.75) is 20.8 Å². The number of carboxylic acid groups (broad SMARTS) is 1. The predicted molar refractivity (Wildman–Crippen MR) is 63.3 cm³/mol. The van der Waals surface area contributed by atoms with Crippen LogP contribution in [0.5, 0.6) is 0 Å². The van der Waals surface area contributed by atoms with Gasteiger partial charge in [0.2, 0.25) is 5.91 Å². The number of carbonyl (C=O) groups is 2. The molecule has 0 rings (SSSR count). The smallest absolute Gasteiger partial charge is 0.307 e. The molecular formula is C10H19NO5S. The van der Waals surface area contributed by atoms with Gasteiger partial charge in [-0.1, -0.05) is 20.8 Å². The van der Waals surface area contributed by atoms with Crippen LogP contribution in [0.1, 0.15) is 20.8 Å². The Morgan fingerprint density at radius 3 is 2.18 bits per heavy atom. The van der Waals surface area contributed by atoms with Crippen molar-refractivity contribution in [1.29, 1.82) is 0 Å². The van der Waals surface area contributed by atoms with E-state index in [9.17, 15) is 18.0 Å². The minimum Gasteiger partial charge on any atom is -0.481 e. The van der Waals surface area contributed by atoms with E-state index in [0.29, 0.717) is 0 Å². The Hall–Kier alpha value is -1.11. The monoisotopic (exact) mass is 265 g/mol. The van der Waals surface area contributed by atoms with Gasteiger partial charge in [-0.2, -0.15) is 0 Å². The maximum atomic E-state index is 11.5. The molecule has 6 nitrogen and oxygen atoms in total. The molecule has 7 heteroatoms. The summed E-state index contributed by atoms with van der Waals surface area (Å²) in [4.78, 5) is 22.1. The van der Waals surface area contributed by atoms with Gasteiger partial charge in [-0.3, -0.25) is 9.59 Å². The molecule has 2 N–H and O–H groups in total. The van der Waals surface area contributed by atoms with E-state index >= 15 is 0 Å². The van der Waals surface area contributed by atoms with Crippen molar-refractivity contribution in [3.8, 4) is 0 Å². The molecule has 0 aromatic carbocycles. The number of hydrogen-bond acceptors (Lipinski definition) is 4. The highest BCUT2D eigenvalue weighted by Gasteiger charge is 2.25. The SMILES string of the molecule is CCS(=O)(=O)CCNC(=O)C(C)C(C)C(=O)O. The average molecular weight is 265 g/mol. The number of aliphatic carboxylic acids is 1. The third-order valence-corrected chi connectivity index (χ3v) is 4.41. The molecule has 0 fully saturated rings. The van der Waals surface area contributed by atoms with E-state index in [0.717, 1.165) is 0 Å². The molecule has 2 unspecified atom stereocenters. The van der Waals surface area contributed by atoms with E-state index in [1.165, 1.54) is 20.8 Å². The molecule has 0 radical (unpaired) electrons. The predicted octanol–water partition coefficient (Wildman–Crippen LogP) is -0.106. The van der Waals surface area contributed by atoms with E-state index < -0.39 is 33.5 Å². The zero-order valence-electron chi connectivity index (χ0n) is 10.3. The van der Waals surface area contributed by atoms with Crippen LogP contribution >= 0.6 is 0 Å². The first-order valence-electron chi connectivity index (χ1n) is 5.42. The van der Waals surface area contributed by atoms with Gasteiger partial charge in [0, 0.05) is 18.2 Å². The van der Waals surface area contributed by atoms with Gasteiger partial charge >= 0.3 is 5.97 Å². The topological polar surface area (TPSA) is 101 Å². The molecule has 0 aliphatic rings. The molecule has 2 atom stereocenters. The summed E-state index contributed by atoms with van der Waals surface area (Å²) in [7, 11) is -3.11. The van der Waals surface area contributed by atoms with Crippen molar-refractivity contribution in [3.63, 3.8) is 0 Å². The molecule has 0 heterocycles. The molecule has 0 bridgehead atoms. The van der Waals surface area contributed by atoms with Crippen molar-refractivity contribution in [2.24, 2.45) is 11.8 Å². The van der Waals surface area contributed by atoms with E-state index in [4.69, 9.17) is 5.11 Å². The second-order valence-corrected chi connectivity index (χ2v) is 6.42. The summed E-state index contributed by atoms with van der Waals surface area (Å²) in [5.41, 5.74) is 0. The third kappa shape index (κ3) is 5.67. The van der Waals surface area contributed by atoms with Gasteiger partial charge in [-0.15, -0.1) is 0 Å². The summed E-state index contributed by atoms with van der Waals surface area (Å²) in [5.74, 6) is -3.05. The Labute approximate surface area is 101 Å². The minimum atomic E-state index is -3.11. The molecule has 100 valence electrons. The van der Waals surface area contributed by atoms with Crippen LogP contribution in [0.15, 0.2) is 0 Å². The number of amides is 1. The molecule has 0 saturated heterocycles. The number of sulfone groups is 1. The molecular weight excluding hydrogens is 246 g/mol. The lowest BCUT2D eigenvalue weighted by molar-refractivity contribution is -0.146. The summed E-state index contributed by atoms with van der Waals surface area (Å²) in [6, 6.07) is 0. The number of carbonyl (C=O) groups excluding carboxylic acids is 1. The minimum absolute atomic E-state index is 0.0195. The van der Waals surface area contributed by atoms with Crippen LogP contribution in [-0.2, 0) is 19.4 Å². The van der Waals surface area contributed by atoms with E-state index in [-0.39, 0.29) is 18.1 Å². The van der Waals surface area contributed by atoms with Crippen LogP contribution < -0.4 is 5.32 Å². The van der Waals surface area contributed by atoms with Crippen LogP contribution in [0.3, 0.4) is 0 Å². The van der Waals surface area contributed by atoms with Gasteiger partial charge in [0.05, 0.1) is 11.7 Å². The number of carboxylic acids is 1. The number of nitrogens with one attached hydrogen (secondary N) is 1. The van der Waals surface area contributed by atoms with Crippen molar-refractivity contribution in [1.82, 2.24) is 5.32 Å². The van der Waals surface area contributed by atoms with Crippen LogP contribution in [-0.4, -0.2) is 43.5 Å². The van der Waals surface area contributed by atoms with Crippen molar-refractivity contribution >= 4 is 21.7 Å². The zero-order chi connectivity index (χ0) is 13.6. The Bertz CT molecular complexity index is 376. The number of hydrogen-bond donors (Lipinski definition) is 2. The summed E-state index contributed by atoms with van der Waals surface area (Å²) in [6.45, 7) is 4.50. The molecule has 0 aromatic rings. The van der Waals surface area contributed by atoms with Crippen molar-refractivity contribution in [3.05, 3.63) is 0 Å². The molecule has 0 aliphatic heterocycles. The average Bonchev–Trinajstić information content (AvgIpc) is 2.26. The zero-order valence-corrected chi connectivity index (χ0v) is 11.1. The van der Waals surface area contributed by atoms with Gasteiger partial charge in [0.1, 0.15) is 0 Å². The standard InChI is InChI=1S/C10H19NO5S/c1-4-17(15,16)6-5-11-9(12)7(2)8(3)10(13)14/h7-8H,4-6H2,1-3H3,(H,11,12)(H,13,14). The maximum absolute atomic E-state index is 11.5. The van der Waals surface area contributed by atoms with E-state index in [1.807, 2.05) is 0 Å². The Morgan fingerprint density at radius 2 is 1.76 bits per heavy atom. The normalized spacial score (nSPS) is 15.0. The summed E-state index contributed by atoms with van der Waals surface area (Å²) in [6.07, 6.45) is 0. The highest BCUT2D eigenvalue weighted by Crippen LogP contribution is 2.10. The largest absolute Gasteiger partial charge is 0.481 e. The first-order valence-corrected chi connectivity index (χ1v) is 7.24. The molecule has 0 aromatic heterocycles. The molecule has 0 spiro atoms. The second-order valence-electron chi connectivity index (χ2n) is 3.94. The van der Waals surface area contributed by atoms with Gasteiger partial charge in [-0.05, 0) is 0 Å². The lowest BCUT2D eigenvalue weighted by atomic mass is 9.95. The molecule has 1 amide bonds. The van der Waals surface area contributed by atoms with Gasteiger partial charge < -0.3 is 10.4 Å². The fourth-order valence-electron chi connectivity index (χ4n) is 1.08. The van der Waals surface area contributed by atoms with Gasteiger partial charge in [0.15, 0.2) is 9.84 Å². The van der Waals surface area contributed by atoms with Crippen molar-refractivity contribution < 1.29 is 23.1 Å². The summed E-state index contributed by atoms with van der Waals surface area (Å²) < 4.78 is 22.3. The van der Waals surface area contributed by atoms with Crippen LogP contribution in [0.4, 0.5) is 0 Å². The van der Waals surface area contributed by atoms with E-state index in [2.05, 4.69) is 5.32 Å². The summed E-state index contributed by atoms with van der Waals surface area (Å²) in [5, 5.41) is 11.1. The van der Waals surface area contributed by atoms with Crippen molar-refractivity contribution in [2.75, 3.05) is 18.1 Å². The van der Waals surface area contributed by atoms with Crippen LogP contribution in [0.25, 0.3) is 0 Å². The van der Waals surface area contributed by atoms with Gasteiger partial charge in [-0.25, -0.2) is 8.42 Å². The highest BCUT2D eigenvalue weighted by atomic mass is 32.2. The molecule has 0 aliphatic carbocycles. The lowest BCUT2D eigenvalue weighted by Gasteiger charge is -2.15. The van der Waals surface area contributed by atoms with Crippen LogP contribution in [0, 0.1) is 11.8 Å². The van der Waals surface area contributed by atoms with Crippen LogP contribution in [0.2, 0.25) is 0 Å². The molecule has 17 heavy (non-hydrogen) atoms. The first-order chi connectivity index (χ1) is 7.71. The fourth-order valence-corrected chi connectivity index (χ4v) is 1.78. The Kier molecular flexibility index (Phi) is 6.15. The highest BCUT2D eigenvalue weighted by molar-refractivity contribution is 7.91. The summed E-state index contributed by atoms with van der Waals surface area (Å²) >= 11 is 0. The second kappa shape index (κ2) is 6.58. The third-order valence-electron chi connectivity index (χ3n) is 2.71. The van der Waals surface area contributed by atoms with E-state index in [1.54, 1.807) is 0 Å². The molecule has 0 saturated carbocycles. The Morgan fingerprint density at radius 1 is 1.24 bits per heavy atom.